The van der Waals surface area contributed by atoms with Gasteiger partial charge in [-0.15, -0.1) is 10.2 Å². The van der Waals surface area contributed by atoms with E-state index in [0.717, 1.165) is 18.8 Å². The van der Waals surface area contributed by atoms with Crippen molar-refractivity contribution in [1.29, 1.82) is 0 Å². The van der Waals surface area contributed by atoms with Gasteiger partial charge in [0.25, 0.3) is 0 Å². The third kappa shape index (κ3) is 2.56. The van der Waals surface area contributed by atoms with E-state index in [1.807, 2.05) is 17.0 Å². The number of rotatable bonds is 2. The van der Waals surface area contributed by atoms with Crippen molar-refractivity contribution in [3.8, 4) is 11.3 Å². The summed E-state index contributed by atoms with van der Waals surface area (Å²) in [5.41, 5.74) is 1.35. The Balaban J connectivity index is 1.83. The molecule has 1 N–H and O–H groups in total. The molecule has 1 unspecified atom stereocenters. The van der Waals surface area contributed by atoms with Crippen molar-refractivity contribution >= 4 is 5.82 Å². The van der Waals surface area contributed by atoms with Gasteiger partial charge in [0.05, 0.1) is 11.8 Å². The molecule has 98 valence electrons. The minimum Gasteiger partial charge on any atom is -0.391 e. The van der Waals surface area contributed by atoms with Crippen LogP contribution in [0.25, 0.3) is 11.3 Å². The molecule has 2 aromatic rings. The fourth-order valence-corrected chi connectivity index (χ4v) is 2.25. The molecule has 1 aliphatic rings. The SMILES string of the molecule is OC1CCN(c2ccc(-c3cccc(F)c3)nn2)C1. The first-order chi connectivity index (χ1) is 9.22. The van der Waals surface area contributed by atoms with E-state index in [2.05, 4.69) is 10.2 Å². The lowest BCUT2D eigenvalue weighted by atomic mass is 10.1. The van der Waals surface area contributed by atoms with Crippen molar-refractivity contribution < 1.29 is 9.50 Å². The van der Waals surface area contributed by atoms with Crippen LogP contribution in [-0.4, -0.2) is 34.5 Å². The Labute approximate surface area is 110 Å². The number of benzene rings is 1. The Bertz CT molecular complexity index is 573. The molecule has 2 heterocycles. The van der Waals surface area contributed by atoms with Gasteiger partial charge in [-0.1, -0.05) is 12.1 Å². The zero-order valence-corrected chi connectivity index (χ0v) is 10.3. The van der Waals surface area contributed by atoms with Gasteiger partial charge in [0.2, 0.25) is 0 Å². The molecule has 0 spiro atoms. The fourth-order valence-electron chi connectivity index (χ4n) is 2.25. The summed E-state index contributed by atoms with van der Waals surface area (Å²) in [6.07, 6.45) is 0.470. The van der Waals surface area contributed by atoms with Gasteiger partial charge in [-0.2, -0.15) is 0 Å². The molecule has 1 aromatic heterocycles. The summed E-state index contributed by atoms with van der Waals surface area (Å²) >= 11 is 0. The third-order valence-electron chi connectivity index (χ3n) is 3.26. The maximum atomic E-state index is 13.1. The first kappa shape index (κ1) is 12.0. The topological polar surface area (TPSA) is 49.2 Å². The van der Waals surface area contributed by atoms with Crippen LogP contribution in [0.15, 0.2) is 36.4 Å². The first-order valence-electron chi connectivity index (χ1n) is 6.25. The number of nitrogens with zero attached hydrogens (tertiary/aromatic N) is 3. The number of aliphatic hydroxyl groups excluding tert-OH is 1. The van der Waals surface area contributed by atoms with E-state index in [1.54, 1.807) is 12.1 Å². The Morgan fingerprint density at radius 3 is 2.74 bits per heavy atom. The lowest BCUT2D eigenvalue weighted by Gasteiger charge is -2.15. The number of hydrogen-bond acceptors (Lipinski definition) is 4. The maximum absolute atomic E-state index is 13.1. The van der Waals surface area contributed by atoms with Crippen LogP contribution in [0.5, 0.6) is 0 Å². The highest BCUT2D eigenvalue weighted by atomic mass is 19.1. The highest BCUT2D eigenvalue weighted by Crippen LogP contribution is 2.21. The molecule has 1 fully saturated rings. The van der Waals surface area contributed by atoms with E-state index in [1.165, 1.54) is 12.1 Å². The second kappa shape index (κ2) is 4.93. The minimum absolute atomic E-state index is 0.286. The number of aromatic nitrogens is 2. The van der Waals surface area contributed by atoms with E-state index in [-0.39, 0.29) is 11.9 Å². The van der Waals surface area contributed by atoms with Crippen molar-refractivity contribution in [3.63, 3.8) is 0 Å². The average molecular weight is 259 g/mol. The monoisotopic (exact) mass is 259 g/mol. The molecule has 0 bridgehead atoms. The van der Waals surface area contributed by atoms with Crippen molar-refractivity contribution in [2.45, 2.75) is 12.5 Å². The molecule has 1 atom stereocenters. The Morgan fingerprint density at radius 2 is 2.11 bits per heavy atom. The molecule has 3 rings (SSSR count). The number of β-amino-alcohol motifs (C(OH)–C–C–N with tert-alkyl or cyclic N) is 1. The second-order valence-electron chi connectivity index (χ2n) is 4.68. The molecule has 1 aliphatic heterocycles. The smallest absolute Gasteiger partial charge is 0.151 e. The average Bonchev–Trinajstić information content (AvgIpc) is 2.86. The van der Waals surface area contributed by atoms with Gasteiger partial charge >= 0.3 is 0 Å². The Morgan fingerprint density at radius 1 is 1.21 bits per heavy atom. The van der Waals surface area contributed by atoms with Gasteiger partial charge in [0, 0.05) is 18.7 Å². The van der Waals surface area contributed by atoms with Gasteiger partial charge in [-0.3, -0.25) is 0 Å². The van der Waals surface area contributed by atoms with Crippen LogP contribution in [0.1, 0.15) is 6.42 Å². The molecule has 19 heavy (non-hydrogen) atoms. The third-order valence-corrected chi connectivity index (χ3v) is 3.26. The number of aliphatic hydroxyl groups is 1. The van der Waals surface area contributed by atoms with E-state index >= 15 is 0 Å². The van der Waals surface area contributed by atoms with E-state index < -0.39 is 0 Å². The van der Waals surface area contributed by atoms with Crippen LogP contribution >= 0.6 is 0 Å². The molecule has 0 amide bonds. The van der Waals surface area contributed by atoms with Gasteiger partial charge in [-0.05, 0) is 30.7 Å². The summed E-state index contributed by atoms with van der Waals surface area (Å²) in [4.78, 5) is 1.99. The van der Waals surface area contributed by atoms with Gasteiger partial charge in [0.15, 0.2) is 5.82 Å². The zero-order valence-electron chi connectivity index (χ0n) is 10.3. The summed E-state index contributed by atoms with van der Waals surface area (Å²) < 4.78 is 13.1. The van der Waals surface area contributed by atoms with Crippen LogP contribution in [0, 0.1) is 5.82 Å². The first-order valence-corrected chi connectivity index (χ1v) is 6.25. The minimum atomic E-state index is -0.287. The summed E-state index contributed by atoms with van der Waals surface area (Å²) in [7, 11) is 0. The van der Waals surface area contributed by atoms with Crippen LogP contribution in [0.4, 0.5) is 10.2 Å². The Kier molecular flexibility index (Phi) is 3.13. The molecule has 1 aromatic carbocycles. The van der Waals surface area contributed by atoms with Gasteiger partial charge in [0.1, 0.15) is 5.82 Å². The molecular formula is C14H14FN3O. The van der Waals surface area contributed by atoms with E-state index in [9.17, 15) is 9.50 Å². The lowest BCUT2D eigenvalue weighted by Crippen LogP contribution is -2.22. The van der Waals surface area contributed by atoms with Crippen molar-refractivity contribution in [2.24, 2.45) is 0 Å². The molecule has 4 nitrogen and oxygen atoms in total. The van der Waals surface area contributed by atoms with Crippen LogP contribution in [0.3, 0.4) is 0 Å². The summed E-state index contributed by atoms with van der Waals surface area (Å²) in [5, 5.41) is 17.8. The van der Waals surface area contributed by atoms with Crippen molar-refractivity contribution in [1.82, 2.24) is 10.2 Å². The van der Waals surface area contributed by atoms with Crippen LogP contribution < -0.4 is 4.90 Å². The van der Waals surface area contributed by atoms with Crippen molar-refractivity contribution in [3.05, 3.63) is 42.2 Å². The van der Waals surface area contributed by atoms with E-state index in [4.69, 9.17) is 0 Å². The number of hydrogen-bond donors (Lipinski definition) is 1. The van der Waals surface area contributed by atoms with E-state index in [0.29, 0.717) is 17.8 Å². The lowest BCUT2D eigenvalue weighted by molar-refractivity contribution is 0.198. The summed E-state index contributed by atoms with van der Waals surface area (Å²) in [5.74, 6) is 0.461. The molecule has 0 saturated carbocycles. The predicted molar refractivity (Wildman–Crippen MR) is 70.3 cm³/mol. The largest absolute Gasteiger partial charge is 0.391 e. The molecule has 0 radical (unpaired) electrons. The summed E-state index contributed by atoms with van der Waals surface area (Å²) in [6, 6.07) is 9.96. The highest BCUT2D eigenvalue weighted by Gasteiger charge is 2.21. The normalized spacial score (nSPS) is 18.8. The highest BCUT2D eigenvalue weighted by molar-refractivity contribution is 5.59. The maximum Gasteiger partial charge on any atom is 0.151 e. The molecular weight excluding hydrogens is 245 g/mol. The summed E-state index contributed by atoms with van der Waals surface area (Å²) in [6.45, 7) is 1.38. The zero-order chi connectivity index (χ0) is 13.2. The standard InChI is InChI=1S/C14H14FN3O/c15-11-3-1-2-10(8-11)13-4-5-14(17-16-13)18-7-6-12(19)9-18/h1-5,8,12,19H,6-7,9H2. The van der Waals surface area contributed by atoms with Crippen LogP contribution in [-0.2, 0) is 0 Å². The van der Waals surface area contributed by atoms with Crippen LogP contribution in [0.2, 0.25) is 0 Å². The molecule has 5 heteroatoms. The van der Waals surface area contributed by atoms with Crippen molar-refractivity contribution in [2.75, 3.05) is 18.0 Å². The quantitative estimate of drug-likeness (QED) is 0.894. The molecule has 0 aliphatic carbocycles. The predicted octanol–water partition coefficient (Wildman–Crippen LogP) is 1.85. The number of anilines is 1. The van der Waals surface area contributed by atoms with Gasteiger partial charge in [-0.25, -0.2) is 4.39 Å². The Hall–Kier alpha value is -2.01. The fraction of sp³-hybridized carbons (Fsp3) is 0.286. The second-order valence-corrected chi connectivity index (χ2v) is 4.68. The molecule has 1 saturated heterocycles. The van der Waals surface area contributed by atoms with Gasteiger partial charge < -0.3 is 10.0 Å². The number of halogens is 1.